The second-order valence-electron chi connectivity index (χ2n) is 12.4. The number of aromatic nitrogens is 3. The number of sulfonamides is 1. The summed E-state index contributed by atoms with van der Waals surface area (Å²) in [6.45, 7) is 8.86. The van der Waals surface area contributed by atoms with Crippen LogP contribution in [0.15, 0.2) is 88.7 Å². The van der Waals surface area contributed by atoms with E-state index in [-0.39, 0.29) is 25.4 Å². The van der Waals surface area contributed by atoms with E-state index in [0.29, 0.717) is 16.8 Å². The minimum Gasteiger partial charge on any atom is -0.293 e. The molecule has 0 N–H and O–H groups in total. The van der Waals surface area contributed by atoms with E-state index in [1.165, 1.54) is 30.8 Å². The van der Waals surface area contributed by atoms with Gasteiger partial charge in [0.15, 0.2) is 5.78 Å². The molecule has 0 aliphatic carbocycles. The van der Waals surface area contributed by atoms with E-state index in [9.17, 15) is 23.3 Å². The van der Waals surface area contributed by atoms with E-state index < -0.39 is 26.8 Å². The van der Waals surface area contributed by atoms with Gasteiger partial charge in [-0.1, -0.05) is 74.9 Å². The van der Waals surface area contributed by atoms with Gasteiger partial charge in [0.2, 0.25) is 10.0 Å². The van der Waals surface area contributed by atoms with Crippen LogP contribution in [0.25, 0.3) is 34.3 Å². The number of hydrogen-bond donors (Lipinski definition) is 0. The topological polar surface area (TPSA) is 118 Å². The Morgan fingerprint density at radius 1 is 1.00 bits per heavy atom. The number of nitriles is 1. The molecule has 5 aromatic rings. The van der Waals surface area contributed by atoms with Crippen LogP contribution in [0.2, 0.25) is 0 Å². The molecule has 0 radical (unpaired) electrons. The molecule has 2 heterocycles. The largest absolute Gasteiger partial charge is 0.293 e. The first-order chi connectivity index (χ1) is 22.1. The lowest BCUT2D eigenvalue weighted by Crippen LogP contribution is -2.34. The first kappa shape index (κ1) is 33.5. The minimum absolute atomic E-state index is 0.0240. The van der Waals surface area contributed by atoms with Crippen molar-refractivity contribution in [3.05, 3.63) is 115 Å². The van der Waals surface area contributed by atoms with Gasteiger partial charge in [0.25, 0.3) is 5.56 Å². The summed E-state index contributed by atoms with van der Waals surface area (Å²) in [7, 11) is -1.01. The summed E-state index contributed by atoms with van der Waals surface area (Å²) >= 11 is 1.01. The molecule has 0 spiro atoms. The Bertz CT molecular complexity index is 2330. The van der Waals surface area contributed by atoms with E-state index in [2.05, 4.69) is 6.07 Å². The molecule has 0 saturated carbocycles. The van der Waals surface area contributed by atoms with Crippen molar-refractivity contribution in [2.45, 2.75) is 39.5 Å². The quantitative estimate of drug-likeness (QED) is 0.248. The van der Waals surface area contributed by atoms with Gasteiger partial charge in [-0.2, -0.15) is 10.4 Å². The van der Waals surface area contributed by atoms with Crippen LogP contribution in [-0.2, 0) is 14.8 Å². The molecule has 3 aromatic carbocycles. The molecule has 2 aromatic heterocycles. The number of para-hydroxylation sites is 1. The molecule has 0 amide bonds. The molecule has 0 saturated heterocycles. The van der Waals surface area contributed by atoms with Crippen molar-refractivity contribution >= 4 is 38.8 Å². The lowest BCUT2D eigenvalue weighted by atomic mass is 9.87. The van der Waals surface area contributed by atoms with Crippen molar-refractivity contribution < 1.29 is 13.2 Å². The van der Waals surface area contributed by atoms with Gasteiger partial charge in [0.05, 0.1) is 26.5 Å². The number of aryl methyl sites for hydroxylation is 2. The molecular weight excluding hydrogens is 631 g/mol. The summed E-state index contributed by atoms with van der Waals surface area (Å²) in [4.78, 5) is 28.0. The van der Waals surface area contributed by atoms with E-state index in [4.69, 9.17) is 5.10 Å². The molecule has 0 unspecified atom stereocenters. The van der Waals surface area contributed by atoms with Crippen molar-refractivity contribution in [2.75, 3.05) is 14.1 Å². The van der Waals surface area contributed by atoms with Crippen LogP contribution >= 0.6 is 11.3 Å². The molecular formula is C36H35N5O4S2. The third kappa shape index (κ3) is 6.53. The maximum atomic E-state index is 14.4. The van der Waals surface area contributed by atoms with Gasteiger partial charge in [0.1, 0.15) is 16.3 Å². The predicted octanol–water partition coefficient (Wildman–Crippen LogP) is 4.74. The van der Waals surface area contributed by atoms with Crippen LogP contribution < -0.4 is 14.8 Å². The second kappa shape index (κ2) is 12.7. The van der Waals surface area contributed by atoms with E-state index in [1.54, 1.807) is 44.5 Å². The molecule has 0 bridgehead atoms. The summed E-state index contributed by atoms with van der Waals surface area (Å²) in [5.41, 5.74) is 3.31. The van der Waals surface area contributed by atoms with E-state index in [1.807, 2.05) is 67.7 Å². The van der Waals surface area contributed by atoms with Crippen molar-refractivity contribution in [1.29, 1.82) is 5.26 Å². The fourth-order valence-corrected chi connectivity index (χ4v) is 6.93. The highest BCUT2D eigenvalue weighted by atomic mass is 32.2. The minimum atomic E-state index is -3.86. The smallest absolute Gasteiger partial charge is 0.273 e. The molecule has 47 heavy (non-hydrogen) atoms. The first-order valence-electron chi connectivity index (χ1n) is 14.8. The third-order valence-electron chi connectivity index (χ3n) is 7.63. The molecule has 0 fully saturated rings. The average molecular weight is 666 g/mol. The molecule has 0 atom stereocenters. The van der Waals surface area contributed by atoms with E-state index >= 15 is 0 Å². The molecule has 0 aliphatic heterocycles. The Labute approximate surface area is 278 Å². The highest BCUT2D eigenvalue weighted by Gasteiger charge is 2.28. The van der Waals surface area contributed by atoms with Crippen LogP contribution in [0.5, 0.6) is 0 Å². The van der Waals surface area contributed by atoms with Crippen molar-refractivity contribution in [3.8, 4) is 28.7 Å². The maximum Gasteiger partial charge on any atom is 0.273 e. The first-order valence-corrected chi connectivity index (χ1v) is 17.1. The van der Waals surface area contributed by atoms with Crippen LogP contribution in [0.1, 0.15) is 37.5 Å². The number of ketones is 1. The molecule has 0 aliphatic rings. The molecule has 9 nitrogen and oxygen atoms in total. The fraction of sp³-hybridized carbons (Fsp3) is 0.222. The number of rotatable bonds is 7. The zero-order valence-electron chi connectivity index (χ0n) is 27.3. The molecule has 5 rings (SSSR count). The van der Waals surface area contributed by atoms with Gasteiger partial charge in [-0.15, -0.1) is 11.3 Å². The number of Topliss-reactive ketones (excluding diaryl/α,β-unsaturated/α-hetero) is 1. The summed E-state index contributed by atoms with van der Waals surface area (Å²) in [6.07, 6.45) is 3.54. The molecule has 11 heteroatoms. The van der Waals surface area contributed by atoms with Gasteiger partial charge in [-0.25, -0.2) is 17.4 Å². The summed E-state index contributed by atoms with van der Waals surface area (Å²) in [6, 6.07) is 24.0. The summed E-state index contributed by atoms with van der Waals surface area (Å²) in [5, 5.41) is 15.2. The standard InChI is InChI=1S/C36H35N5O4S2/c1-23-13-16-25(17-14-23)32-26(22-40(38-32)27-11-9-8-10-12-27)19-31-34(43)41(35(46-31)29(21-37)33(42)36(3,4)5)30-20-28(18-15-24(30)2)47(44,45)39(6)7/h8-20,22H,1-7H3/b31-19-,35-29+. The Kier molecular flexibility index (Phi) is 9.06. The lowest BCUT2D eigenvalue weighted by molar-refractivity contribution is -0.120. The van der Waals surface area contributed by atoms with Crippen molar-refractivity contribution in [1.82, 2.24) is 18.7 Å². The predicted molar refractivity (Wildman–Crippen MR) is 186 cm³/mol. The zero-order valence-corrected chi connectivity index (χ0v) is 28.9. The number of hydrogen-bond acceptors (Lipinski definition) is 7. The maximum absolute atomic E-state index is 14.4. The van der Waals surface area contributed by atoms with Gasteiger partial charge in [0, 0.05) is 36.8 Å². The number of carbonyl (C=O) groups excluding carboxylic acids is 1. The normalized spacial score (nSPS) is 13.1. The van der Waals surface area contributed by atoms with Gasteiger partial charge < -0.3 is 0 Å². The van der Waals surface area contributed by atoms with Crippen LogP contribution in [0.3, 0.4) is 0 Å². The monoisotopic (exact) mass is 665 g/mol. The van der Waals surface area contributed by atoms with Crippen LogP contribution in [-0.4, -0.2) is 46.9 Å². The van der Waals surface area contributed by atoms with Crippen molar-refractivity contribution in [3.63, 3.8) is 0 Å². The summed E-state index contributed by atoms with van der Waals surface area (Å²) < 4.78 is 30.7. The summed E-state index contributed by atoms with van der Waals surface area (Å²) in [5.74, 6) is -0.437. The Morgan fingerprint density at radius 3 is 2.26 bits per heavy atom. The lowest BCUT2D eigenvalue weighted by Gasteiger charge is -2.16. The van der Waals surface area contributed by atoms with Gasteiger partial charge in [-0.3, -0.25) is 14.2 Å². The Hall–Kier alpha value is -4.89. The van der Waals surface area contributed by atoms with E-state index in [0.717, 1.165) is 32.5 Å². The fourth-order valence-electron chi connectivity index (χ4n) is 4.92. The highest BCUT2D eigenvalue weighted by molar-refractivity contribution is 7.89. The molecule has 240 valence electrons. The Balaban J connectivity index is 1.89. The number of nitrogens with zero attached hydrogens (tertiary/aromatic N) is 5. The average Bonchev–Trinajstić information content (AvgIpc) is 3.59. The zero-order chi connectivity index (χ0) is 34.3. The number of carbonyl (C=O) groups is 1. The van der Waals surface area contributed by atoms with Crippen LogP contribution in [0, 0.1) is 30.6 Å². The number of thiazole rings is 1. The number of benzene rings is 3. The highest BCUT2D eigenvalue weighted by Crippen LogP contribution is 2.26. The third-order valence-corrected chi connectivity index (χ3v) is 10.5. The van der Waals surface area contributed by atoms with Crippen molar-refractivity contribution in [2.24, 2.45) is 5.41 Å². The van der Waals surface area contributed by atoms with Gasteiger partial charge in [-0.05, 0) is 49.8 Å². The van der Waals surface area contributed by atoms with Gasteiger partial charge >= 0.3 is 0 Å². The SMILES string of the molecule is Cc1ccc(-c2nn(-c3ccccc3)cc2/C=c2\s/c(=C(\C#N)C(=O)C(C)(C)C)n(-c3cc(S(=O)(=O)N(C)C)ccc3C)c2=O)cc1. The second-order valence-corrected chi connectivity index (χ2v) is 15.6. The Morgan fingerprint density at radius 2 is 1.66 bits per heavy atom. The van der Waals surface area contributed by atoms with Crippen LogP contribution in [0.4, 0.5) is 0 Å².